The van der Waals surface area contributed by atoms with Crippen LogP contribution in [0.5, 0.6) is 0 Å². The predicted molar refractivity (Wildman–Crippen MR) is 87.7 cm³/mol. The van der Waals surface area contributed by atoms with E-state index in [1.165, 1.54) is 6.07 Å². The number of carboxylic acids is 1. The molecule has 7 nitrogen and oxygen atoms in total. The molecular formula is C18H15N3O4. The molecule has 2 aromatic carbocycles. The van der Waals surface area contributed by atoms with Gasteiger partial charge in [-0.15, -0.1) is 0 Å². The summed E-state index contributed by atoms with van der Waals surface area (Å²) in [6.45, 7) is 0. The number of rotatable bonds is 3. The molecule has 0 fully saturated rings. The summed E-state index contributed by atoms with van der Waals surface area (Å²) in [6.07, 6.45) is 0.318. The Labute approximate surface area is 142 Å². The van der Waals surface area contributed by atoms with Gasteiger partial charge in [-0.2, -0.15) is 0 Å². The van der Waals surface area contributed by atoms with E-state index in [-0.39, 0.29) is 5.69 Å². The number of para-hydroxylation sites is 2. The van der Waals surface area contributed by atoms with Gasteiger partial charge in [0.05, 0.1) is 22.1 Å². The second-order valence-corrected chi connectivity index (χ2v) is 6.18. The Morgan fingerprint density at radius 1 is 1.16 bits per heavy atom. The quantitative estimate of drug-likeness (QED) is 0.532. The Kier molecular flexibility index (Phi) is 3.51. The third kappa shape index (κ3) is 2.45. The second-order valence-electron chi connectivity index (χ2n) is 6.18. The number of fused-ring (bicyclic) bond motifs is 3. The Morgan fingerprint density at radius 2 is 1.88 bits per heavy atom. The standard InChI is InChI=1S/C18H15N3O4/c22-18(23)14-9-12-10-5-1-3-7-13(10)19-17(12)16(20-14)11-6-2-4-8-15(11)21(24)25/h1-8,14,16,19-20H,9H2,(H,22,23)/t14-,16+/m1/s1. The summed E-state index contributed by atoms with van der Waals surface area (Å²) in [5.74, 6) is -1.17. The fraction of sp³-hybridized carbons (Fsp3) is 0.167. The zero-order chi connectivity index (χ0) is 17.6. The fourth-order valence-electron chi connectivity index (χ4n) is 3.66. The fourth-order valence-corrected chi connectivity index (χ4v) is 3.66. The number of carbonyl (C=O) groups excluding carboxylic acids is 1. The van der Waals surface area contributed by atoms with Crippen molar-refractivity contribution in [1.82, 2.24) is 4.98 Å². The summed E-state index contributed by atoms with van der Waals surface area (Å²) >= 11 is 0. The summed E-state index contributed by atoms with van der Waals surface area (Å²) in [4.78, 5) is 25.8. The molecule has 1 aliphatic rings. The van der Waals surface area contributed by atoms with Crippen molar-refractivity contribution in [3.05, 3.63) is 75.5 Å². The first-order valence-corrected chi connectivity index (χ1v) is 7.95. The summed E-state index contributed by atoms with van der Waals surface area (Å²) in [7, 11) is 0. The Hall–Kier alpha value is -3.19. The third-order valence-corrected chi connectivity index (χ3v) is 4.78. The molecule has 1 aromatic heterocycles. The zero-order valence-electron chi connectivity index (χ0n) is 13.1. The zero-order valence-corrected chi connectivity index (χ0v) is 13.1. The van der Waals surface area contributed by atoms with Gasteiger partial charge < -0.3 is 20.2 Å². The number of quaternary nitrogens is 1. The smallest absolute Gasteiger partial charge is 0.278 e. The first-order chi connectivity index (χ1) is 12.1. The van der Waals surface area contributed by atoms with E-state index in [1.807, 2.05) is 24.3 Å². The summed E-state index contributed by atoms with van der Waals surface area (Å²) in [6, 6.07) is 12.8. The highest BCUT2D eigenvalue weighted by Gasteiger charge is 2.37. The van der Waals surface area contributed by atoms with Crippen molar-refractivity contribution in [2.45, 2.75) is 18.5 Å². The topological polar surface area (TPSA) is 116 Å². The molecule has 1 aliphatic heterocycles. The molecule has 4 rings (SSSR count). The van der Waals surface area contributed by atoms with Crippen LogP contribution in [0.3, 0.4) is 0 Å². The van der Waals surface area contributed by atoms with Crippen LogP contribution >= 0.6 is 0 Å². The third-order valence-electron chi connectivity index (χ3n) is 4.78. The Morgan fingerprint density at radius 3 is 2.64 bits per heavy atom. The largest absolute Gasteiger partial charge is 0.544 e. The first kappa shape index (κ1) is 15.3. The summed E-state index contributed by atoms with van der Waals surface area (Å²) in [5, 5.41) is 25.5. The van der Waals surface area contributed by atoms with E-state index in [4.69, 9.17) is 0 Å². The maximum atomic E-state index is 11.5. The molecule has 2 atom stereocenters. The average Bonchev–Trinajstić information content (AvgIpc) is 2.99. The van der Waals surface area contributed by atoms with Crippen LogP contribution < -0.4 is 10.4 Å². The molecule has 0 saturated carbocycles. The molecule has 0 bridgehead atoms. The molecular weight excluding hydrogens is 322 g/mol. The summed E-state index contributed by atoms with van der Waals surface area (Å²) in [5.41, 5.74) is 3.05. The van der Waals surface area contributed by atoms with Crippen LogP contribution in [-0.4, -0.2) is 21.9 Å². The van der Waals surface area contributed by atoms with Gasteiger partial charge >= 0.3 is 0 Å². The van der Waals surface area contributed by atoms with E-state index in [0.717, 1.165) is 22.2 Å². The Bertz CT molecular complexity index is 995. The van der Waals surface area contributed by atoms with E-state index < -0.39 is 23.0 Å². The molecule has 0 radical (unpaired) electrons. The van der Waals surface area contributed by atoms with Crippen LogP contribution in [0.15, 0.2) is 48.5 Å². The van der Waals surface area contributed by atoms with Gasteiger partial charge in [-0.05, 0) is 17.7 Å². The molecule has 0 amide bonds. The Balaban J connectivity index is 1.94. The number of aromatic amines is 1. The average molecular weight is 337 g/mol. The number of nitrogens with one attached hydrogen (secondary N) is 1. The number of nitro groups is 1. The van der Waals surface area contributed by atoms with Crippen LogP contribution in [0.4, 0.5) is 5.69 Å². The van der Waals surface area contributed by atoms with Crippen LogP contribution in [0.2, 0.25) is 0 Å². The van der Waals surface area contributed by atoms with E-state index >= 15 is 0 Å². The lowest BCUT2D eigenvalue weighted by Gasteiger charge is -2.28. The van der Waals surface area contributed by atoms with Gasteiger partial charge in [0.2, 0.25) is 0 Å². The molecule has 0 aliphatic carbocycles. The minimum absolute atomic E-state index is 0.0210. The molecule has 0 unspecified atom stereocenters. The number of benzene rings is 2. The molecule has 126 valence electrons. The number of hydrogen-bond acceptors (Lipinski definition) is 4. The maximum absolute atomic E-state index is 11.5. The lowest BCUT2D eigenvalue weighted by Crippen LogP contribution is -2.95. The number of hydrogen-bond donors (Lipinski definition) is 2. The molecule has 0 saturated heterocycles. The van der Waals surface area contributed by atoms with Crippen LogP contribution in [0, 0.1) is 10.1 Å². The van der Waals surface area contributed by atoms with Crippen molar-refractivity contribution in [2.24, 2.45) is 0 Å². The molecule has 2 heterocycles. The SMILES string of the molecule is O=C([O-])[C@H]1Cc2c([nH]c3ccccc23)[C@H](c2ccccc2[N+](=O)[O-])[NH2+]1. The lowest BCUT2D eigenvalue weighted by atomic mass is 9.89. The van der Waals surface area contributed by atoms with Crippen molar-refractivity contribution in [1.29, 1.82) is 0 Å². The summed E-state index contributed by atoms with van der Waals surface area (Å²) < 4.78 is 0. The lowest BCUT2D eigenvalue weighted by molar-refractivity contribution is -0.717. The number of carboxylic acid groups (broad SMARTS) is 1. The van der Waals surface area contributed by atoms with E-state index in [1.54, 1.807) is 23.5 Å². The molecule has 0 spiro atoms. The van der Waals surface area contributed by atoms with E-state index in [9.17, 15) is 20.0 Å². The van der Waals surface area contributed by atoms with Crippen molar-refractivity contribution in [2.75, 3.05) is 0 Å². The van der Waals surface area contributed by atoms with Gasteiger partial charge in [-0.3, -0.25) is 10.1 Å². The molecule has 3 N–H and O–H groups in total. The van der Waals surface area contributed by atoms with Gasteiger partial charge in [0, 0.05) is 23.4 Å². The van der Waals surface area contributed by atoms with E-state index in [2.05, 4.69) is 4.98 Å². The highest BCUT2D eigenvalue weighted by atomic mass is 16.6. The van der Waals surface area contributed by atoms with Crippen LogP contribution in [0.1, 0.15) is 22.9 Å². The minimum atomic E-state index is -1.17. The predicted octanol–water partition coefficient (Wildman–Crippen LogP) is 0.403. The van der Waals surface area contributed by atoms with Gasteiger partial charge in [0.15, 0.2) is 6.04 Å². The number of nitrogens with zero attached hydrogens (tertiary/aromatic N) is 1. The van der Waals surface area contributed by atoms with E-state index in [0.29, 0.717) is 12.0 Å². The first-order valence-electron chi connectivity index (χ1n) is 7.95. The van der Waals surface area contributed by atoms with Gasteiger partial charge in [0.25, 0.3) is 5.69 Å². The maximum Gasteiger partial charge on any atom is 0.278 e. The number of nitrogens with two attached hydrogens (primary N) is 1. The number of nitro benzene ring substituents is 1. The monoisotopic (exact) mass is 337 g/mol. The highest BCUT2D eigenvalue weighted by molar-refractivity contribution is 5.86. The van der Waals surface area contributed by atoms with Crippen molar-refractivity contribution < 1.29 is 20.1 Å². The van der Waals surface area contributed by atoms with Crippen molar-refractivity contribution in [3.63, 3.8) is 0 Å². The molecule has 25 heavy (non-hydrogen) atoms. The van der Waals surface area contributed by atoms with Crippen molar-refractivity contribution in [3.8, 4) is 0 Å². The number of aliphatic carboxylic acids is 1. The second kappa shape index (κ2) is 5.71. The van der Waals surface area contributed by atoms with Crippen LogP contribution in [0.25, 0.3) is 10.9 Å². The van der Waals surface area contributed by atoms with Gasteiger partial charge in [-0.25, -0.2) is 0 Å². The normalized spacial score (nSPS) is 19.5. The minimum Gasteiger partial charge on any atom is -0.544 e. The van der Waals surface area contributed by atoms with Gasteiger partial charge in [-0.1, -0.05) is 30.3 Å². The molecule has 7 heteroatoms. The van der Waals surface area contributed by atoms with Crippen LogP contribution in [-0.2, 0) is 11.2 Å². The number of aromatic nitrogens is 1. The number of carbonyl (C=O) groups is 1. The van der Waals surface area contributed by atoms with Crippen molar-refractivity contribution >= 4 is 22.6 Å². The number of H-pyrrole nitrogens is 1. The molecule has 3 aromatic rings. The highest BCUT2D eigenvalue weighted by Crippen LogP contribution is 2.34. The van der Waals surface area contributed by atoms with Gasteiger partial charge in [0.1, 0.15) is 6.04 Å².